The number of hydrogen-bond donors (Lipinski definition) is 0. The topological polar surface area (TPSA) is 9.23 Å². The number of hydrogen-bond acceptors (Lipinski definition) is 1. The lowest BCUT2D eigenvalue weighted by molar-refractivity contribution is 0.337. The average molecular weight is 112 g/mol. The number of rotatable bonds is 3. The molecule has 0 bridgehead atoms. The van der Waals surface area contributed by atoms with Gasteiger partial charge in [-0.2, -0.15) is 0 Å². The Balaban J connectivity index is 3.37. The zero-order chi connectivity index (χ0) is 6.41. The minimum absolute atomic E-state index is 0.986. The lowest BCUT2D eigenvalue weighted by atomic mass is 10.2. The van der Waals surface area contributed by atoms with Gasteiger partial charge < -0.3 is 4.74 Å². The molecule has 0 spiro atoms. The summed E-state index contributed by atoms with van der Waals surface area (Å²) in [5.74, 6) is 0. The Morgan fingerprint density at radius 3 is 2.75 bits per heavy atom. The van der Waals surface area contributed by atoms with Gasteiger partial charge in [0.25, 0.3) is 0 Å². The Morgan fingerprint density at radius 1 is 1.75 bits per heavy atom. The van der Waals surface area contributed by atoms with Crippen molar-refractivity contribution in [2.24, 2.45) is 0 Å². The molecule has 0 atom stereocenters. The Labute approximate surface area is 50.7 Å². The van der Waals surface area contributed by atoms with Crippen molar-refractivity contribution in [3.05, 3.63) is 24.5 Å². The van der Waals surface area contributed by atoms with Crippen LogP contribution in [0.25, 0.3) is 0 Å². The van der Waals surface area contributed by atoms with Gasteiger partial charge in [-0.1, -0.05) is 19.1 Å². The average Bonchev–Trinajstić information content (AvgIpc) is 1.83. The third kappa shape index (κ3) is 3.47. The molecule has 0 saturated carbocycles. The van der Waals surface area contributed by atoms with Crippen LogP contribution in [0.15, 0.2) is 24.5 Å². The van der Waals surface area contributed by atoms with E-state index in [1.165, 1.54) is 0 Å². The minimum atomic E-state index is 0.986. The van der Waals surface area contributed by atoms with E-state index in [0.717, 1.165) is 12.0 Å². The van der Waals surface area contributed by atoms with E-state index >= 15 is 0 Å². The normalized spacial score (nSPS) is 9.75. The highest BCUT2D eigenvalue weighted by Crippen LogP contribution is 1.96. The van der Waals surface area contributed by atoms with Crippen LogP contribution >= 0.6 is 0 Å². The summed E-state index contributed by atoms with van der Waals surface area (Å²) in [6, 6.07) is 0. The summed E-state index contributed by atoms with van der Waals surface area (Å²) in [6.45, 7) is 5.80. The van der Waals surface area contributed by atoms with E-state index in [9.17, 15) is 0 Å². The van der Waals surface area contributed by atoms with E-state index in [0.29, 0.717) is 0 Å². The SMILES string of the molecule is C=C(C=COC)CC. The zero-order valence-corrected chi connectivity index (χ0v) is 5.48. The highest BCUT2D eigenvalue weighted by Gasteiger charge is 1.77. The minimum Gasteiger partial charge on any atom is -0.504 e. The quantitative estimate of drug-likeness (QED) is 0.401. The monoisotopic (exact) mass is 112 g/mol. The van der Waals surface area contributed by atoms with Crippen molar-refractivity contribution in [3.8, 4) is 0 Å². The van der Waals surface area contributed by atoms with Gasteiger partial charge in [0.15, 0.2) is 0 Å². The maximum atomic E-state index is 4.67. The molecule has 0 unspecified atom stereocenters. The van der Waals surface area contributed by atoms with Crippen LogP contribution in [0.1, 0.15) is 13.3 Å². The first-order valence-corrected chi connectivity index (χ1v) is 2.68. The predicted octanol–water partition coefficient (Wildman–Crippen LogP) is 2.11. The second-order valence-corrected chi connectivity index (χ2v) is 1.55. The van der Waals surface area contributed by atoms with E-state index in [1.54, 1.807) is 13.4 Å². The van der Waals surface area contributed by atoms with Crippen molar-refractivity contribution in [2.45, 2.75) is 13.3 Å². The Hall–Kier alpha value is -0.720. The van der Waals surface area contributed by atoms with Crippen LogP contribution in [-0.2, 0) is 4.74 Å². The van der Waals surface area contributed by atoms with Crippen molar-refractivity contribution in [1.29, 1.82) is 0 Å². The molecule has 0 heterocycles. The number of ether oxygens (including phenoxy) is 1. The largest absolute Gasteiger partial charge is 0.504 e. The maximum Gasteiger partial charge on any atom is 0.0827 e. The maximum absolute atomic E-state index is 4.67. The van der Waals surface area contributed by atoms with Gasteiger partial charge in [-0.3, -0.25) is 0 Å². The van der Waals surface area contributed by atoms with Gasteiger partial charge in [-0.05, 0) is 12.5 Å². The molecule has 0 radical (unpaired) electrons. The fourth-order valence-corrected chi connectivity index (χ4v) is 0.282. The smallest absolute Gasteiger partial charge is 0.0827 e. The molecule has 0 aromatic rings. The van der Waals surface area contributed by atoms with Crippen LogP contribution in [0, 0.1) is 0 Å². The first-order valence-electron chi connectivity index (χ1n) is 2.68. The molecule has 0 saturated heterocycles. The second kappa shape index (κ2) is 4.44. The fraction of sp³-hybridized carbons (Fsp3) is 0.429. The van der Waals surface area contributed by atoms with E-state index in [-0.39, 0.29) is 0 Å². The molecule has 0 N–H and O–H groups in total. The van der Waals surface area contributed by atoms with Crippen molar-refractivity contribution in [3.63, 3.8) is 0 Å². The molecule has 0 aromatic heterocycles. The molecular formula is C7H12O. The lowest BCUT2D eigenvalue weighted by Crippen LogP contribution is -1.70. The fourth-order valence-electron chi connectivity index (χ4n) is 0.282. The first-order chi connectivity index (χ1) is 3.81. The molecule has 1 nitrogen and oxygen atoms in total. The third-order valence-corrected chi connectivity index (χ3v) is 0.894. The van der Waals surface area contributed by atoms with E-state index in [1.807, 2.05) is 6.08 Å². The van der Waals surface area contributed by atoms with Gasteiger partial charge in [-0.15, -0.1) is 0 Å². The van der Waals surface area contributed by atoms with Gasteiger partial charge >= 0.3 is 0 Å². The summed E-state index contributed by atoms with van der Waals surface area (Å²) in [5, 5.41) is 0. The first kappa shape index (κ1) is 7.28. The van der Waals surface area contributed by atoms with Crippen LogP contribution in [0.5, 0.6) is 0 Å². The summed E-state index contributed by atoms with van der Waals surface area (Å²) in [6.07, 6.45) is 4.48. The summed E-state index contributed by atoms with van der Waals surface area (Å²) >= 11 is 0. The Kier molecular flexibility index (Phi) is 4.04. The van der Waals surface area contributed by atoms with Crippen molar-refractivity contribution in [2.75, 3.05) is 7.11 Å². The highest BCUT2D eigenvalue weighted by molar-refractivity contribution is 5.11. The predicted molar refractivity (Wildman–Crippen MR) is 35.6 cm³/mol. The number of methoxy groups -OCH3 is 1. The molecule has 0 rings (SSSR count). The molecule has 1 heteroatoms. The summed E-state index contributed by atoms with van der Waals surface area (Å²) < 4.78 is 4.67. The third-order valence-electron chi connectivity index (χ3n) is 0.894. The summed E-state index contributed by atoms with van der Waals surface area (Å²) in [7, 11) is 1.62. The second-order valence-electron chi connectivity index (χ2n) is 1.55. The van der Waals surface area contributed by atoms with Gasteiger partial charge in [0.2, 0.25) is 0 Å². The van der Waals surface area contributed by atoms with Crippen LogP contribution in [0.2, 0.25) is 0 Å². The molecule has 46 valence electrons. The van der Waals surface area contributed by atoms with E-state index in [2.05, 4.69) is 18.2 Å². The molecule has 0 amide bonds. The molecule has 0 aromatic carbocycles. The molecule has 0 fully saturated rings. The van der Waals surface area contributed by atoms with Crippen molar-refractivity contribution >= 4 is 0 Å². The standard InChI is InChI=1S/C7H12O/c1-4-7(2)5-6-8-3/h5-6H,2,4H2,1,3H3. The molecule has 8 heavy (non-hydrogen) atoms. The summed E-state index contributed by atoms with van der Waals surface area (Å²) in [4.78, 5) is 0. The lowest BCUT2D eigenvalue weighted by Gasteiger charge is -1.89. The van der Waals surface area contributed by atoms with E-state index < -0.39 is 0 Å². The zero-order valence-electron chi connectivity index (χ0n) is 5.48. The van der Waals surface area contributed by atoms with Gasteiger partial charge in [-0.25, -0.2) is 0 Å². The van der Waals surface area contributed by atoms with E-state index in [4.69, 9.17) is 0 Å². The van der Waals surface area contributed by atoms with Gasteiger partial charge in [0, 0.05) is 0 Å². The van der Waals surface area contributed by atoms with Crippen LogP contribution in [0.3, 0.4) is 0 Å². The van der Waals surface area contributed by atoms with Crippen LogP contribution in [-0.4, -0.2) is 7.11 Å². The molecule has 0 aliphatic heterocycles. The molecule has 0 aliphatic carbocycles. The van der Waals surface area contributed by atoms with Crippen molar-refractivity contribution < 1.29 is 4.74 Å². The van der Waals surface area contributed by atoms with Crippen LogP contribution < -0.4 is 0 Å². The summed E-state index contributed by atoms with van der Waals surface area (Å²) in [5.41, 5.74) is 1.09. The van der Waals surface area contributed by atoms with Crippen molar-refractivity contribution in [1.82, 2.24) is 0 Å². The Morgan fingerprint density at radius 2 is 2.38 bits per heavy atom. The highest BCUT2D eigenvalue weighted by atomic mass is 16.5. The number of allylic oxidation sites excluding steroid dienone is 2. The Bertz CT molecular complexity index is 92.6. The van der Waals surface area contributed by atoms with Crippen LogP contribution in [0.4, 0.5) is 0 Å². The van der Waals surface area contributed by atoms with Gasteiger partial charge in [0.1, 0.15) is 0 Å². The molecule has 0 aliphatic rings. The van der Waals surface area contributed by atoms with Gasteiger partial charge in [0.05, 0.1) is 13.4 Å². The molecular weight excluding hydrogens is 100 g/mol.